The smallest absolute Gasteiger partial charge is 0.339 e. The Bertz CT molecular complexity index is 1100. The fourth-order valence-electron chi connectivity index (χ4n) is 4.20. The van der Waals surface area contributed by atoms with Crippen LogP contribution in [0.15, 0.2) is 54.0 Å². The number of fused-ring (bicyclic) bond motifs is 1. The molecule has 0 bridgehead atoms. The van der Waals surface area contributed by atoms with Crippen molar-refractivity contribution in [2.45, 2.75) is 13.3 Å². The number of ether oxygens (including phenoxy) is 1. The predicted octanol–water partition coefficient (Wildman–Crippen LogP) is 1.61. The van der Waals surface area contributed by atoms with E-state index in [1.165, 1.54) is 0 Å². The van der Waals surface area contributed by atoms with Gasteiger partial charge in [-0.3, -0.25) is 14.5 Å². The fraction of sp³-hybridized carbons (Fsp3) is 0.360. The Morgan fingerprint density at radius 2 is 1.76 bits per heavy atom. The standard InChI is InChI=1S/C25H29N5O4/c1-2-34-25(33)17-8-9-20(28-16-17)30-14-12-29(13-15-30)11-5-10-27-22-21(26)23(31)18-6-3-4-7-19(18)24(22)32/h3-4,6-9,16,27H,2,5,10-15,26H2,1H3. The first kappa shape index (κ1) is 23.4. The third-order valence-corrected chi connectivity index (χ3v) is 6.07. The fourth-order valence-corrected chi connectivity index (χ4v) is 4.20. The molecule has 0 amide bonds. The highest BCUT2D eigenvalue weighted by molar-refractivity contribution is 6.26. The molecule has 1 saturated heterocycles. The average molecular weight is 464 g/mol. The summed E-state index contributed by atoms with van der Waals surface area (Å²) < 4.78 is 5.00. The number of esters is 1. The minimum Gasteiger partial charge on any atom is -0.462 e. The van der Waals surface area contributed by atoms with Gasteiger partial charge in [0.1, 0.15) is 17.2 Å². The molecule has 1 aliphatic carbocycles. The van der Waals surface area contributed by atoms with E-state index in [2.05, 4.69) is 20.1 Å². The lowest BCUT2D eigenvalue weighted by Crippen LogP contribution is -2.47. The Morgan fingerprint density at radius 3 is 2.41 bits per heavy atom. The first-order valence-corrected chi connectivity index (χ1v) is 11.5. The molecule has 2 aliphatic rings. The van der Waals surface area contributed by atoms with Crippen molar-refractivity contribution in [2.24, 2.45) is 5.73 Å². The number of hydrogen-bond donors (Lipinski definition) is 2. The van der Waals surface area contributed by atoms with Crippen molar-refractivity contribution in [2.75, 3.05) is 50.8 Å². The maximum atomic E-state index is 12.7. The summed E-state index contributed by atoms with van der Waals surface area (Å²) >= 11 is 0. The number of carbonyl (C=O) groups excluding carboxylic acids is 3. The van der Waals surface area contributed by atoms with Crippen molar-refractivity contribution >= 4 is 23.4 Å². The van der Waals surface area contributed by atoms with Gasteiger partial charge in [-0.1, -0.05) is 24.3 Å². The number of pyridine rings is 1. The molecule has 0 spiro atoms. The van der Waals surface area contributed by atoms with E-state index >= 15 is 0 Å². The van der Waals surface area contributed by atoms with Crippen LogP contribution in [-0.4, -0.2) is 73.3 Å². The zero-order valence-electron chi connectivity index (χ0n) is 19.3. The monoisotopic (exact) mass is 463 g/mol. The van der Waals surface area contributed by atoms with Gasteiger partial charge in [0.15, 0.2) is 0 Å². The van der Waals surface area contributed by atoms with Crippen LogP contribution in [0.25, 0.3) is 0 Å². The molecule has 2 aromatic rings. The van der Waals surface area contributed by atoms with Crippen molar-refractivity contribution in [3.8, 4) is 0 Å². The Morgan fingerprint density at radius 1 is 1.06 bits per heavy atom. The normalized spacial score (nSPS) is 16.4. The van der Waals surface area contributed by atoms with Crippen LogP contribution < -0.4 is 16.0 Å². The summed E-state index contributed by atoms with van der Waals surface area (Å²) in [6.45, 7) is 6.97. The number of ketones is 2. The predicted molar refractivity (Wildman–Crippen MR) is 128 cm³/mol. The molecule has 1 aliphatic heterocycles. The summed E-state index contributed by atoms with van der Waals surface area (Å²) in [5.41, 5.74) is 7.35. The van der Waals surface area contributed by atoms with E-state index in [0.29, 0.717) is 29.8 Å². The average Bonchev–Trinajstić information content (AvgIpc) is 2.87. The van der Waals surface area contributed by atoms with Gasteiger partial charge in [-0.15, -0.1) is 0 Å². The number of benzene rings is 1. The van der Waals surface area contributed by atoms with Gasteiger partial charge in [-0.2, -0.15) is 0 Å². The van der Waals surface area contributed by atoms with Gasteiger partial charge in [-0.25, -0.2) is 9.78 Å². The molecule has 4 rings (SSSR count). The number of nitrogens with one attached hydrogen (secondary N) is 1. The molecule has 9 nitrogen and oxygen atoms in total. The number of carbonyl (C=O) groups is 3. The minimum absolute atomic E-state index is 0.0150. The second-order valence-electron chi connectivity index (χ2n) is 8.23. The zero-order valence-corrected chi connectivity index (χ0v) is 19.3. The maximum Gasteiger partial charge on any atom is 0.339 e. The van der Waals surface area contributed by atoms with Gasteiger partial charge in [0, 0.05) is 50.0 Å². The lowest BCUT2D eigenvalue weighted by molar-refractivity contribution is 0.0525. The Kier molecular flexibility index (Phi) is 7.22. The molecule has 0 atom stereocenters. The molecule has 1 aromatic heterocycles. The van der Waals surface area contributed by atoms with Crippen molar-refractivity contribution in [1.29, 1.82) is 0 Å². The van der Waals surface area contributed by atoms with E-state index < -0.39 is 0 Å². The molecular formula is C25H29N5O4. The van der Waals surface area contributed by atoms with E-state index in [0.717, 1.165) is 45.0 Å². The molecule has 1 aromatic carbocycles. The number of piperazine rings is 1. The van der Waals surface area contributed by atoms with Crippen LogP contribution in [0.2, 0.25) is 0 Å². The number of nitrogens with two attached hydrogens (primary N) is 1. The quantitative estimate of drug-likeness (QED) is 0.445. The summed E-state index contributed by atoms with van der Waals surface area (Å²) in [4.78, 5) is 45.9. The molecular weight excluding hydrogens is 434 g/mol. The second kappa shape index (κ2) is 10.5. The van der Waals surface area contributed by atoms with Crippen molar-refractivity contribution < 1.29 is 19.1 Å². The number of rotatable bonds is 8. The van der Waals surface area contributed by atoms with Gasteiger partial charge >= 0.3 is 5.97 Å². The lowest BCUT2D eigenvalue weighted by Gasteiger charge is -2.35. The minimum atomic E-state index is -0.360. The molecule has 2 heterocycles. The number of aromatic nitrogens is 1. The second-order valence-corrected chi connectivity index (χ2v) is 8.23. The first-order valence-electron chi connectivity index (χ1n) is 11.5. The van der Waals surface area contributed by atoms with Crippen LogP contribution in [0.5, 0.6) is 0 Å². The molecule has 178 valence electrons. The van der Waals surface area contributed by atoms with E-state index in [4.69, 9.17) is 10.5 Å². The maximum absolute atomic E-state index is 12.7. The largest absolute Gasteiger partial charge is 0.462 e. The van der Waals surface area contributed by atoms with E-state index in [-0.39, 0.29) is 28.9 Å². The van der Waals surface area contributed by atoms with Gasteiger partial charge < -0.3 is 20.7 Å². The summed E-state index contributed by atoms with van der Waals surface area (Å²) in [7, 11) is 0. The van der Waals surface area contributed by atoms with E-state index in [9.17, 15) is 14.4 Å². The molecule has 9 heteroatoms. The van der Waals surface area contributed by atoms with Crippen LogP contribution in [0.4, 0.5) is 5.82 Å². The number of anilines is 1. The number of hydrogen-bond acceptors (Lipinski definition) is 9. The van der Waals surface area contributed by atoms with Crippen LogP contribution in [0, 0.1) is 0 Å². The van der Waals surface area contributed by atoms with Gasteiger partial charge in [0.2, 0.25) is 11.6 Å². The summed E-state index contributed by atoms with van der Waals surface area (Å²) in [5, 5.41) is 3.09. The van der Waals surface area contributed by atoms with Crippen LogP contribution in [-0.2, 0) is 4.74 Å². The Labute approximate surface area is 198 Å². The third kappa shape index (κ3) is 4.94. The molecule has 34 heavy (non-hydrogen) atoms. The summed E-state index contributed by atoms with van der Waals surface area (Å²) in [6, 6.07) is 10.3. The van der Waals surface area contributed by atoms with Crippen molar-refractivity contribution in [3.05, 3.63) is 70.7 Å². The van der Waals surface area contributed by atoms with Crippen LogP contribution >= 0.6 is 0 Å². The summed E-state index contributed by atoms with van der Waals surface area (Å²) in [5.74, 6) is -0.0564. The highest BCUT2D eigenvalue weighted by Crippen LogP contribution is 2.22. The molecule has 1 fully saturated rings. The van der Waals surface area contributed by atoms with E-state index in [1.807, 2.05) is 6.07 Å². The zero-order chi connectivity index (χ0) is 24.1. The van der Waals surface area contributed by atoms with Gasteiger partial charge in [-0.05, 0) is 32.0 Å². The van der Waals surface area contributed by atoms with Gasteiger partial charge in [0.25, 0.3) is 0 Å². The Hall–Kier alpha value is -3.72. The Balaban J connectivity index is 1.22. The van der Waals surface area contributed by atoms with E-state index in [1.54, 1.807) is 43.5 Å². The van der Waals surface area contributed by atoms with Crippen LogP contribution in [0.1, 0.15) is 44.4 Å². The number of nitrogens with zero attached hydrogens (tertiary/aromatic N) is 3. The number of allylic oxidation sites excluding steroid dienone is 2. The molecule has 0 saturated carbocycles. The molecule has 0 radical (unpaired) electrons. The molecule has 3 N–H and O–H groups in total. The topological polar surface area (TPSA) is 118 Å². The highest BCUT2D eigenvalue weighted by Gasteiger charge is 2.30. The highest BCUT2D eigenvalue weighted by atomic mass is 16.5. The van der Waals surface area contributed by atoms with Crippen molar-refractivity contribution in [1.82, 2.24) is 15.2 Å². The molecule has 0 unspecified atom stereocenters. The van der Waals surface area contributed by atoms with Gasteiger partial charge in [0.05, 0.1) is 12.2 Å². The lowest BCUT2D eigenvalue weighted by atomic mass is 9.90. The van der Waals surface area contributed by atoms with Crippen LogP contribution in [0.3, 0.4) is 0 Å². The number of Topliss-reactive ketones (excluding diaryl/α,β-unsaturated/α-hetero) is 2. The van der Waals surface area contributed by atoms with Crippen molar-refractivity contribution in [3.63, 3.8) is 0 Å². The SMILES string of the molecule is CCOC(=O)c1ccc(N2CCN(CCCNC3=C(N)C(=O)c4ccccc4C3=O)CC2)nc1. The third-order valence-electron chi connectivity index (χ3n) is 6.07. The first-order chi connectivity index (χ1) is 16.5. The summed E-state index contributed by atoms with van der Waals surface area (Å²) in [6.07, 6.45) is 2.37.